The second kappa shape index (κ2) is 8.04. The molecular formula is C19H22N2O3. The number of amides is 1. The Kier molecular flexibility index (Phi) is 5.56. The van der Waals surface area contributed by atoms with Crippen LogP contribution in [-0.4, -0.2) is 35.3 Å². The number of rotatable bonds is 6. The van der Waals surface area contributed by atoms with Crippen molar-refractivity contribution in [1.29, 1.82) is 0 Å². The molecular weight excluding hydrogens is 304 g/mol. The Morgan fingerprint density at radius 3 is 2.50 bits per heavy atom. The van der Waals surface area contributed by atoms with E-state index in [4.69, 9.17) is 9.84 Å². The van der Waals surface area contributed by atoms with E-state index in [0.29, 0.717) is 19.6 Å². The van der Waals surface area contributed by atoms with Crippen molar-refractivity contribution in [2.45, 2.75) is 25.5 Å². The molecule has 0 saturated carbocycles. The third-order valence-electron chi connectivity index (χ3n) is 4.36. The summed E-state index contributed by atoms with van der Waals surface area (Å²) in [6.45, 7) is 1.24. The lowest BCUT2D eigenvalue weighted by atomic mass is 9.95. The number of hydrogen-bond donors (Lipinski definition) is 2. The Bertz CT molecular complexity index is 658. The maximum absolute atomic E-state index is 12.3. The molecule has 0 unspecified atom stereocenters. The maximum atomic E-state index is 12.3. The maximum Gasteiger partial charge on any atom is 0.224 e. The van der Waals surface area contributed by atoms with Gasteiger partial charge in [-0.25, -0.2) is 0 Å². The van der Waals surface area contributed by atoms with E-state index in [9.17, 15) is 4.79 Å². The zero-order valence-corrected chi connectivity index (χ0v) is 13.5. The average molecular weight is 326 g/mol. The molecule has 5 nitrogen and oxygen atoms in total. The Hall–Kier alpha value is -2.24. The summed E-state index contributed by atoms with van der Waals surface area (Å²) < 4.78 is 5.57. The molecule has 0 aliphatic carbocycles. The second-order valence-corrected chi connectivity index (χ2v) is 6.18. The van der Waals surface area contributed by atoms with Gasteiger partial charge in [-0.15, -0.1) is 0 Å². The van der Waals surface area contributed by atoms with Crippen LogP contribution < -0.4 is 5.32 Å². The number of aromatic nitrogens is 1. The van der Waals surface area contributed by atoms with E-state index in [-0.39, 0.29) is 24.5 Å². The van der Waals surface area contributed by atoms with Gasteiger partial charge in [-0.3, -0.25) is 9.78 Å². The number of carbonyl (C=O) groups excluding carboxylic acids is 1. The zero-order valence-electron chi connectivity index (χ0n) is 13.5. The van der Waals surface area contributed by atoms with Gasteiger partial charge < -0.3 is 15.2 Å². The fourth-order valence-corrected chi connectivity index (χ4v) is 2.99. The molecule has 1 saturated heterocycles. The van der Waals surface area contributed by atoms with Crippen LogP contribution in [0.4, 0.5) is 0 Å². The minimum atomic E-state index is 0.00183. The summed E-state index contributed by atoms with van der Waals surface area (Å²) in [5, 5.41) is 12.2. The average Bonchev–Trinajstić information content (AvgIpc) is 3.03. The van der Waals surface area contributed by atoms with Crippen molar-refractivity contribution in [3.8, 4) is 0 Å². The number of pyridine rings is 1. The van der Waals surface area contributed by atoms with Crippen LogP contribution in [0.2, 0.25) is 0 Å². The standard InChI is InChI=1S/C19H22N2O3/c22-11-16-3-1-14(2-4-16)10-19(23)21-18-13-24-12-17(18)9-15-5-7-20-8-6-15/h1-8,17-18,22H,9-13H2,(H,21,23)/t17-,18+/m1/s1. The lowest BCUT2D eigenvalue weighted by Gasteiger charge is -2.19. The van der Waals surface area contributed by atoms with E-state index in [0.717, 1.165) is 17.5 Å². The molecule has 0 bridgehead atoms. The molecule has 0 radical (unpaired) electrons. The van der Waals surface area contributed by atoms with Gasteiger partial charge in [0.25, 0.3) is 0 Å². The van der Waals surface area contributed by atoms with Crippen molar-refractivity contribution in [3.63, 3.8) is 0 Å². The number of nitrogens with zero attached hydrogens (tertiary/aromatic N) is 1. The number of benzene rings is 1. The van der Waals surface area contributed by atoms with E-state index >= 15 is 0 Å². The number of nitrogens with one attached hydrogen (secondary N) is 1. The number of ether oxygens (including phenoxy) is 1. The molecule has 5 heteroatoms. The largest absolute Gasteiger partial charge is 0.392 e. The highest BCUT2D eigenvalue weighted by Gasteiger charge is 2.29. The highest BCUT2D eigenvalue weighted by molar-refractivity contribution is 5.79. The van der Waals surface area contributed by atoms with Crippen molar-refractivity contribution in [1.82, 2.24) is 10.3 Å². The fraction of sp³-hybridized carbons (Fsp3) is 0.368. The van der Waals surface area contributed by atoms with Crippen molar-refractivity contribution in [2.75, 3.05) is 13.2 Å². The molecule has 24 heavy (non-hydrogen) atoms. The Morgan fingerprint density at radius 2 is 1.79 bits per heavy atom. The first-order chi connectivity index (χ1) is 11.7. The fourth-order valence-electron chi connectivity index (χ4n) is 2.99. The molecule has 1 amide bonds. The number of carbonyl (C=O) groups is 1. The molecule has 2 N–H and O–H groups in total. The van der Waals surface area contributed by atoms with E-state index in [2.05, 4.69) is 10.3 Å². The first-order valence-electron chi connectivity index (χ1n) is 8.19. The van der Waals surface area contributed by atoms with Gasteiger partial charge in [0.05, 0.1) is 32.3 Å². The van der Waals surface area contributed by atoms with Crippen molar-refractivity contribution in [3.05, 3.63) is 65.5 Å². The Balaban J connectivity index is 1.54. The minimum absolute atomic E-state index is 0.00183. The molecule has 2 atom stereocenters. The SMILES string of the molecule is O=C(Cc1ccc(CO)cc1)N[C@H]1COC[C@H]1Cc1ccncc1. The minimum Gasteiger partial charge on any atom is -0.392 e. The quantitative estimate of drug-likeness (QED) is 0.844. The summed E-state index contributed by atoms with van der Waals surface area (Å²) >= 11 is 0. The number of hydrogen-bond acceptors (Lipinski definition) is 4. The van der Waals surface area contributed by atoms with Gasteiger partial charge >= 0.3 is 0 Å². The van der Waals surface area contributed by atoms with Crippen LogP contribution in [0, 0.1) is 5.92 Å². The summed E-state index contributed by atoms with van der Waals surface area (Å²) in [5.74, 6) is 0.287. The third-order valence-corrected chi connectivity index (χ3v) is 4.36. The van der Waals surface area contributed by atoms with Crippen molar-refractivity contribution >= 4 is 5.91 Å². The predicted octanol–water partition coefficient (Wildman–Crippen LogP) is 1.49. The van der Waals surface area contributed by atoms with Gasteiger partial charge in [0.1, 0.15) is 0 Å². The Labute approximate surface area is 141 Å². The van der Waals surface area contributed by atoms with Crippen molar-refractivity contribution in [2.24, 2.45) is 5.92 Å². The van der Waals surface area contributed by atoms with Gasteiger partial charge in [-0.05, 0) is 35.2 Å². The highest BCUT2D eigenvalue weighted by atomic mass is 16.5. The van der Waals surface area contributed by atoms with Gasteiger partial charge in [-0.1, -0.05) is 24.3 Å². The lowest BCUT2D eigenvalue weighted by molar-refractivity contribution is -0.121. The normalized spacial score (nSPS) is 20.0. The van der Waals surface area contributed by atoms with E-state index < -0.39 is 0 Å². The zero-order chi connectivity index (χ0) is 16.8. The summed E-state index contributed by atoms with van der Waals surface area (Å²) in [4.78, 5) is 16.3. The van der Waals surface area contributed by atoms with E-state index in [1.165, 1.54) is 5.56 Å². The first kappa shape index (κ1) is 16.6. The summed E-state index contributed by atoms with van der Waals surface area (Å²) in [6, 6.07) is 11.5. The van der Waals surface area contributed by atoms with Gasteiger partial charge in [0.15, 0.2) is 0 Å². The molecule has 1 aromatic heterocycles. The molecule has 1 aliphatic heterocycles. The molecule has 1 aromatic carbocycles. The van der Waals surface area contributed by atoms with Crippen LogP contribution in [0.25, 0.3) is 0 Å². The third kappa shape index (κ3) is 4.40. The molecule has 1 aliphatic rings. The van der Waals surface area contributed by atoms with Crippen LogP contribution in [0.15, 0.2) is 48.8 Å². The molecule has 3 rings (SSSR count). The molecule has 1 fully saturated rings. The Morgan fingerprint density at radius 1 is 1.08 bits per heavy atom. The van der Waals surface area contributed by atoms with Crippen LogP contribution in [-0.2, 0) is 29.0 Å². The van der Waals surface area contributed by atoms with Gasteiger partial charge in [0.2, 0.25) is 5.91 Å². The van der Waals surface area contributed by atoms with Gasteiger partial charge in [-0.2, -0.15) is 0 Å². The second-order valence-electron chi connectivity index (χ2n) is 6.18. The predicted molar refractivity (Wildman–Crippen MR) is 90.2 cm³/mol. The molecule has 126 valence electrons. The van der Waals surface area contributed by atoms with Crippen LogP contribution >= 0.6 is 0 Å². The first-order valence-corrected chi connectivity index (χ1v) is 8.19. The number of aliphatic hydroxyl groups excluding tert-OH is 1. The number of aliphatic hydroxyl groups is 1. The van der Waals surface area contributed by atoms with Crippen LogP contribution in [0.1, 0.15) is 16.7 Å². The van der Waals surface area contributed by atoms with Gasteiger partial charge in [0, 0.05) is 18.3 Å². The highest BCUT2D eigenvalue weighted by Crippen LogP contribution is 2.19. The summed E-state index contributed by atoms with van der Waals surface area (Å²) in [5.41, 5.74) is 2.99. The summed E-state index contributed by atoms with van der Waals surface area (Å²) in [6.07, 6.45) is 4.78. The lowest BCUT2D eigenvalue weighted by Crippen LogP contribution is -2.41. The molecule has 0 spiro atoms. The van der Waals surface area contributed by atoms with Crippen molar-refractivity contribution < 1.29 is 14.6 Å². The molecule has 2 aromatic rings. The topological polar surface area (TPSA) is 71.5 Å². The van der Waals surface area contributed by atoms with Crippen LogP contribution in [0.5, 0.6) is 0 Å². The summed E-state index contributed by atoms with van der Waals surface area (Å²) in [7, 11) is 0. The smallest absolute Gasteiger partial charge is 0.224 e. The molecule has 2 heterocycles. The monoisotopic (exact) mass is 326 g/mol. The van der Waals surface area contributed by atoms with Crippen LogP contribution in [0.3, 0.4) is 0 Å². The van der Waals surface area contributed by atoms with E-state index in [1.54, 1.807) is 12.4 Å². The van der Waals surface area contributed by atoms with E-state index in [1.807, 2.05) is 36.4 Å².